The molecule has 12 nitrogen and oxygen atoms in total. The number of ether oxygens (including phenoxy) is 2. The Morgan fingerprint density at radius 1 is 0.721 bits per heavy atom. The highest BCUT2D eigenvalue weighted by Gasteiger charge is 2.51. The number of hydroxylamine groups is 2. The van der Waals surface area contributed by atoms with Crippen LogP contribution in [-0.4, -0.2) is 103 Å². The number of methoxy groups -OCH3 is 1. The van der Waals surface area contributed by atoms with Crippen molar-refractivity contribution in [3.63, 3.8) is 0 Å². The van der Waals surface area contributed by atoms with E-state index in [2.05, 4.69) is 4.90 Å². The lowest BCUT2D eigenvalue weighted by atomic mass is 10.1. The number of carbonyl (C=O) groups excluding carboxylic acids is 4. The second kappa shape index (κ2) is 11.9. The molecule has 222 valence electrons. The van der Waals surface area contributed by atoms with Gasteiger partial charge in [-0.3, -0.25) is 9.59 Å². The van der Waals surface area contributed by atoms with E-state index in [1.54, 1.807) is 31.4 Å². The number of para-hydroxylation sites is 1. The van der Waals surface area contributed by atoms with Crippen molar-refractivity contribution in [1.29, 1.82) is 0 Å². The van der Waals surface area contributed by atoms with E-state index in [0.717, 1.165) is 11.4 Å². The number of piperazine rings is 2. The molecular formula is C31H31N5O7. The number of anilines is 1. The zero-order chi connectivity index (χ0) is 29.9. The van der Waals surface area contributed by atoms with Crippen molar-refractivity contribution in [3.05, 3.63) is 84.4 Å². The summed E-state index contributed by atoms with van der Waals surface area (Å²) in [5.41, 5.74) is 1.44. The van der Waals surface area contributed by atoms with Crippen LogP contribution in [-0.2, 0) is 9.63 Å². The van der Waals surface area contributed by atoms with Crippen molar-refractivity contribution in [3.8, 4) is 17.2 Å². The Balaban J connectivity index is 1.03. The number of nitrogens with zero attached hydrogens (tertiary/aromatic N) is 5. The number of urea groups is 1. The van der Waals surface area contributed by atoms with E-state index in [9.17, 15) is 19.2 Å². The summed E-state index contributed by atoms with van der Waals surface area (Å²) in [5.74, 6) is 1.10. The van der Waals surface area contributed by atoms with Crippen molar-refractivity contribution >= 4 is 29.6 Å². The minimum atomic E-state index is -0.925. The highest BCUT2D eigenvalue weighted by atomic mass is 16.7. The Labute approximate surface area is 248 Å². The van der Waals surface area contributed by atoms with Crippen molar-refractivity contribution in [2.24, 2.45) is 0 Å². The molecule has 0 saturated carbocycles. The van der Waals surface area contributed by atoms with Crippen LogP contribution in [0.15, 0.2) is 78.9 Å². The van der Waals surface area contributed by atoms with Crippen LogP contribution < -0.4 is 14.4 Å². The molecule has 0 N–H and O–H groups in total. The highest BCUT2D eigenvalue weighted by Crippen LogP contribution is 2.26. The van der Waals surface area contributed by atoms with Gasteiger partial charge < -0.3 is 33.9 Å². The summed E-state index contributed by atoms with van der Waals surface area (Å²) < 4.78 is 11.0. The van der Waals surface area contributed by atoms with Gasteiger partial charge in [0.25, 0.3) is 11.8 Å². The van der Waals surface area contributed by atoms with Crippen LogP contribution in [0.2, 0.25) is 0 Å². The van der Waals surface area contributed by atoms with E-state index in [0.29, 0.717) is 48.3 Å². The van der Waals surface area contributed by atoms with E-state index in [-0.39, 0.29) is 25.5 Å². The van der Waals surface area contributed by atoms with Crippen LogP contribution in [0, 0.1) is 0 Å². The molecule has 6 rings (SSSR count). The number of hydrogen-bond donors (Lipinski definition) is 0. The van der Waals surface area contributed by atoms with E-state index < -0.39 is 24.1 Å². The number of amides is 5. The summed E-state index contributed by atoms with van der Waals surface area (Å²) >= 11 is 0. The fourth-order valence-corrected chi connectivity index (χ4v) is 5.39. The molecule has 3 aliphatic rings. The predicted molar refractivity (Wildman–Crippen MR) is 155 cm³/mol. The standard InChI is InChI=1S/C31H31N5O7/c1-41-24-13-9-23(10-14-24)32-15-17-33(18-16-32)31(40)43-36-29(38)27-21-34(19-20-35(27)30(36)39)28(37)22-7-11-26(12-8-22)42-25-5-3-2-4-6-25/h2-14,27H,15-21H2,1H3. The largest absolute Gasteiger partial charge is 0.497 e. The summed E-state index contributed by atoms with van der Waals surface area (Å²) in [6.07, 6.45) is -0.762. The Morgan fingerprint density at radius 3 is 2.02 bits per heavy atom. The zero-order valence-electron chi connectivity index (χ0n) is 23.6. The molecule has 3 fully saturated rings. The van der Waals surface area contributed by atoms with Gasteiger partial charge in [0, 0.05) is 50.5 Å². The number of rotatable bonds is 6. The average Bonchev–Trinajstić information content (AvgIpc) is 3.29. The Bertz CT molecular complexity index is 1490. The molecule has 0 bridgehead atoms. The molecule has 43 heavy (non-hydrogen) atoms. The first-order valence-corrected chi connectivity index (χ1v) is 14.0. The van der Waals surface area contributed by atoms with Gasteiger partial charge in [0.1, 0.15) is 23.3 Å². The number of hydrogen-bond acceptors (Lipinski definition) is 8. The predicted octanol–water partition coefficient (Wildman–Crippen LogP) is 3.45. The molecule has 0 aromatic heterocycles. The maximum absolute atomic E-state index is 13.2. The molecule has 3 heterocycles. The van der Waals surface area contributed by atoms with E-state index in [1.165, 1.54) is 14.7 Å². The smallest absolute Gasteiger partial charge is 0.434 e. The molecule has 0 spiro atoms. The van der Waals surface area contributed by atoms with Crippen LogP contribution in [0.4, 0.5) is 15.3 Å². The molecule has 3 aromatic carbocycles. The number of imide groups is 1. The molecule has 5 amide bonds. The fraction of sp³-hybridized carbons (Fsp3) is 0.290. The quantitative estimate of drug-likeness (QED) is 0.405. The summed E-state index contributed by atoms with van der Waals surface area (Å²) in [6.45, 7) is 2.25. The Hall–Kier alpha value is -5.26. The molecule has 0 radical (unpaired) electrons. The van der Waals surface area contributed by atoms with Crippen LogP contribution in [0.5, 0.6) is 17.2 Å². The van der Waals surface area contributed by atoms with E-state index >= 15 is 0 Å². The van der Waals surface area contributed by atoms with Crippen LogP contribution in [0.3, 0.4) is 0 Å². The molecule has 12 heteroatoms. The zero-order valence-corrected chi connectivity index (χ0v) is 23.6. The summed E-state index contributed by atoms with van der Waals surface area (Å²) in [5, 5.41) is 0.534. The molecular weight excluding hydrogens is 554 g/mol. The molecule has 3 aromatic rings. The molecule has 1 unspecified atom stereocenters. The maximum atomic E-state index is 13.2. The van der Waals surface area contributed by atoms with Crippen molar-refractivity contribution < 1.29 is 33.5 Å². The first-order valence-electron chi connectivity index (χ1n) is 14.0. The van der Waals surface area contributed by atoms with Crippen molar-refractivity contribution in [1.82, 2.24) is 19.8 Å². The monoisotopic (exact) mass is 585 g/mol. The lowest BCUT2D eigenvalue weighted by molar-refractivity contribution is -0.152. The van der Waals surface area contributed by atoms with Gasteiger partial charge in [-0.05, 0) is 60.7 Å². The van der Waals surface area contributed by atoms with Crippen LogP contribution >= 0.6 is 0 Å². The third-order valence-electron chi connectivity index (χ3n) is 7.80. The first kappa shape index (κ1) is 27.9. The molecule has 3 saturated heterocycles. The van der Waals surface area contributed by atoms with Gasteiger partial charge in [0.15, 0.2) is 0 Å². The van der Waals surface area contributed by atoms with E-state index in [4.69, 9.17) is 14.3 Å². The van der Waals surface area contributed by atoms with Crippen molar-refractivity contribution in [2.75, 3.05) is 57.8 Å². The third kappa shape index (κ3) is 5.76. The minimum Gasteiger partial charge on any atom is -0.497 e. The first-order chi connectivity index (χ1) is 20.9. The van der Waals surface area contributed by atoms with Crippen LogP contribution in [0.25, 0.3) is 0 Å². The van der Waals surface area contributed by atoms with Crippen molar-refractivity contribution in [2.45, 2.75) is 6.04 Å². The molecule has 3 aliphatic heterocycles. The molecule has 0 aliphatic carbocycles. The average molecular weight is 586 g/mol. The fourth-order valence-electron chi connectivity index (χ4n) is 5.39. The van der Waals surface area contributed by atoms with Crippen LogP contribution in [0.1, 0.15) is 10.4 Å². The van der Waals surface area contributed by atoms with Gasteiger partial charge in [0.05, 0.1) is 13.7 Å². The summed E-state index contributed by atoms with van der Waals surface area (Å²) in [4.78, 5) is 64.1. The highest BCUT2D eigenvalue weighted by molar-refractivity contribution is 6.05. The van der Waals surface area contributed by atoms with Gasteiger partial charge >= 0.3 is 12.1 Å². The van der Waals surface area contributed by atoms with Gasteiger partial charge in [-0.25, -0.2) is 9.59 Å². The maximum Gasteiger partial charge on any atom is 0.434 e. The Morgan fingerprint density at radius 2 is 1.35 bits per heavy atom. The number of carbonyl (C=O) groups is 4. The summed E-state index contributed by atoms with van der Waals surface area (Å²) in [6, 6.07) is 22.1. The van der Waals surface area contributed by atoms with E-state index in [1.807, 2.05) is 54.6 Å². The van der Waals surface area contributed by atoms with Gasteiger partial charge in [0.2, 0.25) is 0 Å². The summed E-state index contributed by atoms with van der Waals surface area (Å²) in [7, 11) is 1.61. The SMILES string of the molecule is COc1ccc(N2CCN(C(=O)ON3C(=O)C4CN(C(=O)c5ccc(Oc6ccccc6)cc5)CCN4C3=O)CC2)cc1. The third-order valence-corrected chi connectivity index (χ3v) is 7.80. The normalized spacial score (nSPS) is 18.4. The van der Waals surface area contributed by atoms with Gasteiger partial charge in [-0.1, -0.05) is 23.3 Å². The lowest BCUT2D eigenvalue weighted by Crippen LogP contribution is -2.54. The Kier molecular flexibility index (Phi) is 7.73. The minimum absolute atomic E-state index is 0.000257. The molecule has 1 atom stereocenters. The van der Waals surface area contributed by atoms with Gasteiger partial charge in [-0.2, -0.15) is 0 Å². The lowest BCUT2D eigenvalue weighted by Gasteiger charge is -2.35. The topological polar surface area (TPSA) is 112 Å². The van der Waals surface area contributed by atoms with Gasteiger partial charge in [-0.15, -0.1) is 0 Å². The second-order valence-corrected chi connectivity index (χ2v) is 10.3. The number of benzene rings is 3. The number of fused-ring (bicyclic) bond motifs is 1. The second-order valence-electron chi connectivity index (χ2n) is 10.3.